The summed E-state index contributed by atoms with van der Waals surface area (Å²) in [6.45, 7) is 10.4. The summed E-state index contributed by atoms with van der Waals surface area (Å²) in [7, 11) is 1.87. The largest absolute Gasteiger partial charge is 0.423 e. The number of aromatic nitrogens is 5. The number of amides is 1. The summed E-state index contributed by atoms with van der Waals surface area (Å²) in [6.07, 6.45) is 6.61. The van der Waals surface area contributed by atoms with E-state index in [4.69, 9.17) is 21.3 Å². The summed E-state index contributed by atoms with van der Waals surface area (Å²) in [4.78, 5) is 25.6. The molecule has 11 heteroatoms. The molecule has 1 amide bonds. The van der Waals surface area contributed by atoms with Crippen molar-refractivity contribution in [1.82, 2.24) is 29.6 Å². The van der Waals surface area contributed by atoms with Crippen LogP contribution in [0, 0.1) is 12.7 Å². The van der Waals surface area contributed by atoms with E-state index in [0.717, 1.165) is 16.5 Å². The fraction of sp³-hybridized carbons (Fsp3) is 0.267. The van der Waals surface area contributed by atoms with Crippen LogP contribution in [0.1, 0.15) is 19.4 Å². The maximum atomic E-state index is 16.7. The molecule has 1 aliphatic rings. The Balaban J connectivity index is 1.56. The van der Waals surface area contributed by atoms with Crippen LogP contribution < -0.4 is 9.64 Å². The lowest BCUT2D eigenvalue weighted by molar-refractivity contribution is -0.128. The van der Waals surface area contributed by atoms with Crippen molar-refractivity contribution in [2.45, 2.75) is 32.9 Å². The average molecular weight is 574 g/mol. The van der Waals surface area contributed by atoms with Crippen molar-refractivity contribution in [1.29, 1.82) is 0 Å². The molecule has 1 saturated heterocycles. The minimum atomic E-state index is -0.577. The second-order valence-corrected chi connectivity index (χ2v) is 10.9. The maximum absolute atomic E-state index is 16.7. The van der Waals surface area contributed by atoms with Crippen LogP contribution in [-0.4, -0.2) is 60.7 Å². The van der Waals surface area contributed by atoms with Crippen LogP contribution in [0.4, 0.5) is 10.2 Å². The first kappa shape index (κ1) is 26.8. The number of hydrogen-bond acceptors (Lipinski definition) is 6. The zero-order chi connectivity index (χ0) is 29.0. The van der Waals surface area contributed by atoms with Gasteiger partial charge in [0.1, 0.15) is 17.1 Å². The average Bonchev–Trinajstić information content (AvgIpc) is 3.59. The topological polar surface area (TPSA) is 92.2 Å². The number of H-pyrrole nitrogens is 1. The molecule has 4 heterocycles. The highest BCUT2D eigenvalue weighted by atomic mass is 35.5. The zero-order valence-corrected chi connectivity index (χ0v) is 23.9. The van der Waals surface area contributed by atoms with E-state index in [9.17, 15) is 4.79 Å². The van der Waals surface area contributed by atoms with Gasteiger partial charge in [-0.3, -0.25) is 9.89 Å². The highest BCUT2D eigenvalue weighted by molar-refractivity contribution is 6.35. The van der Waals surface area contributed by atoms with Gasteiger partial charge in [0.05, 0.1) is 16.7 Å². The van der Waals surface area contributed by atoms with Gasteiger partial charge in [0, 0.05) is 66.5 Å². The van der Waals surface area contributed by atoms with Gasteiger partial charge < -0.3 is 19.1 Å². The lowest BCUT2D eigenvalue weighted by atomic mass is 9.95. The monoisotopic (exact) mass is 573 g/mol. The number of nitrogens with zero attached hydrogens (tertiary/aromatic N) is 6. The van der Waals surface area contributed by atoms with Crippen LogP contribution in [-0.2, 0) is 11.8 Å². The Morgan fingerprint density at radius 3 is 2.71 bits per heavy atom. The molecule has 2 aromatic carbocycles. The SMILES string of the molecule is C=CC(=O)N1C[C@H](C)N(c2nc(Oc3ccn(C)c3)nc3c(F)c(-c4c(C)ccc5[nH]ncc45)c(Cl)cc23)C[C@H]1C. The molecule has 210 valence electrons. The summed E-state index contributed by atoms with van der Waals surface area (Å²) in [5.41, 5.74) is 2.59. The van der Waals surface area contributed by atoms with E-state index in [0.29, 0.717) is 35.6 Å². The number of aromatic amines is 1. The molecule has 3 aromatic heterocycles. The van der Waals surface area contributed by atoms with Crippen molar-refractivity contribution in [2.75, 3.05) is 18.0 Å². The van der Waals surface area contributed by atoms with E-state index in [-0.39, 0.29) is 40.1 Å². The van der Waals surface area contributed by atoms with Gasteiger partial charge in [-0.2, -0.15) is 15.1 Å². The zero-order valence-electron chi connectivity index (χ0n) is 23.2. The van der Waals surface area contributed by atoms with Crippen molar-refractivity contribution in [3.05, 3.63) is 71.9 Å². The van der Waals surface area contributed by atoms with Gasteiger partial charge in [-0.1, -0.05) is 24.2 Å². The van der Waals surface area contributed by atoms with Crippen molar-refractivity contribution >= 4 is 45.1 Å². The molecule has 0 spiro atoms. The molecule has 0 aliphatic carbocycles. The van der Waals surface area contributed by atoms with Gasteiger partial charge in [0.15, 0.2) is 5.82 Å². The van der Waals surface area contributed by atoms with Gasteiger partial charge in [0.25, 0.3) is 0 Å². The summed E-state index contributed by atoms with van der Waals surface area (Å²) >= 11 is 6.87. The van der Waals surface area contributed by atoms with Crippen LogP contribution in [0.2, 0.25) is 5.02 Å². The normalized spacial score (nSPS) is 17.4. The van der Waals surface area contributed by atoms with E-state index in [1.807, 2.05) is 50.7 Å². The second-order valence-electron chi connectivity index (χ2n) is 10.5. The number of rotatable bonds is 5. The summed E-state index contributed by atoms with van der Waals surface area (Å²) in [6, 6.07) is 7.03. The lowest BCUT2D eigenvalue weighted by Gasteiger charge is -2.44. The molecule has 1 N–H and O–H groups in total. The molecule has 6 rings (SSSR count). The Kier molecular flexibility index (Phi) is 6.65. The smallest absolute Gasteiger partial charge is 0.324 e. The Morgan fingerprint density at radius 1 is 1.17 bits per heavy atom. The minimum absolute atomic E-state index is 0.00793. The fourth-order valence-electron chi connectivity index (χ4n) is 5.60. The highest BCUT2D eigenvalue weighted by Crippen LogP contribution is 2.43. The molecule has 0 bridgehead atoms. The quantitative estimate of drug-likeness (QED) is 0.259. The number of carbonyl (C=O) groups excluding carboxylic acids is 1. The third-order valence-corrected chi connectivity index (χ3v) is 7.95. The van der Waals surface area contributed by atoms with Crippen LogP contribution >= 0.6 is 11.6 Å². The number of halogens is 2. The lowest BCUT2D eigenvalue weighted by Crippen LogP contribution is -2.58. The molecular formula is C30H29ClFN7O2. The van der Waals surface area contributed by atoms with Gasteiger partial charge in [-0.15, -0.1) is 0 Å². The first-order valence-corrected chi connectivity index (χ1v) is 13.7. The summed E-state index contributed by atoms with van der Waals surface area (Å²) < 4.78 is 24.6. The second kappa shape index (κ2) is 10.2. The van der Waals surface area contributed by atoms with Crippen molar-refractivity contribution in [3.63, 3.8) is 0 Å². The molecule has 1 fully saturated rings. The van der Waals surface area contributed by atoms with Gasteiger partial charge >= 0.3 is 6.01 Å². The Labute approximate surface area is 241 Å². The molecule has 0 radical (unpaired) electrons. The summed E-state index contributed by atoms with van der Waals surface area (Å²) in [5, 5.41) is 8.53. The van der Waals surface area contributed by atoms with Gasteiger partial charge in [-0.05, 0) is 50.6 Å². The first-order chi connectivity index (χ1) is 19.7. The third-order valence-electron chi connectivity index (χ3n) is 7.65. The third kappa shape index (κ3) is 4.58. The number of hydrogen-bond donors (Lipinski definition) is 1. The number of carbonyl (C=O) groups is 1. The number of aryl methyl sites for hydroxylation is 2. The van der Waals surface area contributed by atoms with Crippen molar-refractivity contribution in [3.8, 4) is 22.9 Å². The molecule has 0 unspecified atom stereocenters. The predicted octanol–water partition coefficient (Wildman–Crippen LogP) is 6.02. The Morgan fingerprint density at radius 2 is 1.98 bits per heavy atom. The van der Waals surface area contributed by atoms with Crippen LogP contribution in [0.3, 0.4) is 0 Å². The molecule has 0 saturated carbocycles. The molecule has 41 heavy (non-hydrogen) atoms. The standard InChI is InChI=1S/C30H29ClFN7O2/c1-6-24(40)38-13-18(4)39(14-17(38)3)29-20-11-22(31)26(25-16(2)7-8-23-21(25)12-33-36-23)27(32)28(20)34-30(35-29)41-19-9-10-37(5)15-19/h6-12,15,17-18H,1,13-14H2,2-5H3,(H,33,36)/t17-,18+/m1/s1. The molecule has 1 aliphatic heterocycles. The van der Waals surface area contributed by atoms with Crippen LogP contribution in [0.5, 0.6) is 11.8 Å². The minimum Gasteiger partial charge on any atom is -0.423 e. The Hall–Kier alpha value is -4.44. The predicted molar refractivity (Wildman–Crippen MR) is 158 cm³/mol. The van der Waals surface area contributed by atoms with E-state index in [2.05, 4.69) is 26.7 Å². The molecule has 9 nitrogen and oxygen atoms in total. The van der Waals surface area contributed by atoms with E-state index in [1.165, 1.54) is 6.08 Å². The Bertz CT molecular complexity index is 1830. The molecular weight excluding hydrogens is 545 g/mol. The van der Waals surface area contributed by atoms with Gasteiger partial charge in [-0.25, -0.2) is 4.39 Å². The maximum Gasteiger partial charge on any atom is 0.324 e. The van der Waals surface area contributed by atoms with Crippen LogP contribution in [0.25, 0.3) is 32.9 Å². The number of benzene rings is 2. The van der Waals surface area contributed by atoms with E-state index < -0.39 is 5.82 Å². The number of fused-ring (bicyclic) bond motifs is 2. The summed E-state index contributed by atoms with van der Waals surface area (Å²) in [5.74, 6) is 0.296. The number of ether oxygens (including phenoxy) is 1. The number of anilines is 1. The fourth-order valence-corrected chi connectivity index (χ4v) is 5.89. The van der Waals surface area contributed by atoms with Crippen molar-refractivity contribution in [2.24, 2.45) is 7.05 Å². The first-order valence-electron chi connectivity index (χ1n) is 13.3. The molecule has 5 aromatic rings. The van der Waals surface area contributed by atoms with Gasteiger partial charge in [0.2, 0.25) is 5.91 Å². The molecule has 2 atom stereocenters. The van der Waals surface area contributed by atoms with E-state index in [1.54, 1.807) is 29.4 Å². The number of piperazine rings is 1. The van der Waals surface area contributed by atoms with Crippen molar-refractivity contribution < 1.29 is 13.9 Å². The van der Waals surface area contributed by atoms with Crippen LogP contribution in [0.15, 0.2) is 55.5 Å². The van der Waals surface area contributed by atoms with E-state index >= 15 is 4.39 Å². The number of nitrogens with one attached hydrogen (secondary N) is 1. The highest BCUT2D eigenvalue weighted by Gasteiger charge is 2.34.